The molecule has 1 aromatic heterocycles. The zero-order valence-electron chi connectivity index (χ0n) is 9.23. The number of nitrogens with one attached hydrogen (secondary N) is 1. The summed E-state index contributed by atoms with van der Waals surface area (Å²) < 4.78 is 13.4. The second kappa shape index (κ2) is 4.28. The highest BCUT2D eigenvalue weighted by atomic mass is 79.9. The van der Waals surface area contributed by atoms with Gasteiger partial charge in [-0.25, -0.2) is 4.39 Å². The Labute approximate surface area is 111 Å². The van der Waals surface area contributed by atoms with Crippen molar-refractivity contribution < 1.29 is 9.18 Å². The highest BCUT2D eigenvalue weighted by molar-refractivity contribution is 9.10. The van der Waals surface area contributed by atoms with Crippen molar-refractivity contribution in [3.8, 4) is 0 Å². The van der Waals surface area contributed by atoms with Gasteiger partial charge >= 0.3 is 0 Å². The first-order valence-electron chi connectivity index (χ1n) is 5.50. The summed E-state index contributed by atoms with van der Waals surface area (Å²) in [5, 5.41) is 2.63. The van der Waals surface area contributed by atoms with E-state index in [0.29, 0.717) is 27.5 Å². The van der Waals surface area contributed by atoms with Crippen molar-refractivity contribution in [1.82, 2.24) is 15.3 Å². The predicted octanol–water partition coefficient (Wildman–Crippen LogP) is 2.23. The van der Waals surface area contributed by atoms with Crippen LogP contribution in [-0.2, 0) is 0 Å². The van der Waals surface area contributed by atoms with Gasteiger partial charge in [-0.3, -0.25) is 14.8 Å². The van der Waals surface area contributed by atoms with Crippen molar-refractivity contribution in [3.63, 3.8) is 0 Å². The first kappa shape index (κ1) is 11.5. The smallest absolute Gasteiger partial charge is 0.251 e. The highest BCUT2D eigenvalue weighted by Crippen LogP contribution is 2.26. The maximum absolute atomic E-state index is 12.7. The van der Waals surface area contributed by atoms with E-state index < -0.39 is 6.17 Å². The topological polar surface area (TPSA) is 54.9 Å². The van der Waals surface area contributed by atoms with Gasteiger partial charge in [-0.05, 0) is 28.1 Å². The number of alkyl halides is 1. The molecule has 1 saturated carbocycles. The lowest BCUT2D eigenvalue weighted by Crippen LogP contribution is -2.27. The van der Waals surface area contributed by atoms with Crippen molar-refractivity contribution in [2.24, 2.45) is 0 Å². The zero-order chi connectivity index (χ0) is 12.7. The number of amides is 1. The Balaban J connectivity index is 1.94. The van der Waals surface area contributed by atoms with Crippen LogP contribution >= 0.6 is 15.9 Å². The quantitative estimate of drug-likeness (QED) is 0.925. The maximum Gasteiger partial charge on any atom is 0.251 e. The molecule has 1 aromatic carbocycles. The Hall–Kier alpha value is -1.56. The van der Waals surface area contributed by atoms with Crippen LogP contribution in [0.15, 0.2) is 29.0 Å². The molecule has 0 spiro atoms. The van der Waals surface area contributed by atoms with Gasteiger partial charge in [-0.15, -0.1) is 0 Å². The summed E-state index contributed by atoms with van der Waals surface area (Å²) in [7, 11) is 0. The van der Waals surface area contributed by atoms with Crippen molar-refractivity contribution >= 4 is 32.9 Å². The number of carbonyl (C=O) groups is 1. The van der Waals surface area contributed by atoms with Gasteiger partial charge in [0.25, 0.3) is 5.91 Å². The molecule has 1 fully saturated rings. The third kappa shape index (κ3) is 2.08. The van der Waals surface area contributed by atoms with Crippen molar-refractivity contribution in [2.45, 2.75) is 18.6 Å². The summed E-state index contributed by atoms with van der Waals surface area (Å²) in [6.45, 7) is 0. The van der Waals surface area contributed by atoms with Crippen LogP contribution in [0.1, 0.15) is 16.8 Å². The fraction of sp³-hybridized carbons (Fsp3) is 0.250. The molecule has 1 aliphatic rings. The Kier molecular flexibility index (Phi) is 2.74. The average molecular weight is 310 g/mol. The summed E-state index contributed by atoms with van der Waals surface area (Å²) in [4.78, 5) is 20.2. The molecular weight excluding hydrogens is 301 g/mol. The highest BCUT2D eigenvalue weighted by Gasteiger charge is 2.38. The van der Waals surface area contributed by atoms with Crippen LogP contribution in [0, 0.1) is 0 Å². The second-order valence-corrected chi connectivity index (χ2v) is 5.07. The predicted molar refractivity (Wildman–Crippen MR) is 68.0 cm³/mol. The number of hydrogen-bond donors (Lipinski definition) is 1. The molecule has 0 bridgehead atoms. The van der Waals surface area contributed by atoms with Gasteiger partial charge in [0.15, 0.2) is 0 Å². The van der Waals surface area contributed by atoms with Crippen LogP contribution in [0.25, 0.3) is 11.0 Å². The van der Waals surface area contributed by atoms with Crippen LogP contribution in [0.3, 0.4) is 0 Å². The molecule has 6 heteroatoms. The summed E-state index contributed by atoms with van der Waals surface area (Å²) >= 11 is 3.35. The lowest BCUT2D eigenvalue weighted by atomic mass is 10.2. The first-order valence-corrected chi connectivity index (χ1v) is 6.29. The van der Waals surface area contributed by atoms with Crippen LogP contribution in [0.2, 0.25) is 0 Å². The van der Waals surface area contributed by atoms with E-state index in [-0.39, 0.29) is 11.9 Å². The molecular formula is C12H9BrFN3O. The second-order valence-electron chi connectivity index (χ2n) is 4.21. The van der Waals surface area contributed by atoms with Crippen LogP contribution < -0.4 is 5.32 Å². The molecule has 0 unspecified atom stereocenters. The Morgan fingerprint density at radius 1 is 1.39 bits per heavy atom. The minimum absolute atomic E-state index is 0.284. The van der Waals surface area contributed by atoms with Crippen LogP contribution in [0.5, 0.6) is 0 Å². The molecule has 2 atom stereocenters. The summed E-state index contributed by atoms with van der Waals surface area (Å²) in [6, 6.07) is 2.98. The molecule has 1 heterocycles. The van der Waals surface area contributed by atoms with Gasteiger partial charge in [0.2, 0.25) is 0 Å². The Bertz CT molecular complexity index is 634. The van der Waals surface area contributed by atoms with Crippen molar-refractivity contribution in [1.29, 1.82) is 0 Å². The molecule has 4 nitrogen and oxygen atoms in total. The van der Waals surface area contributed by atoms with E-state index in [2.05, 4.69) is 31.2 Å². The normalized spacial score (nSPS) is 21.9. The number of nitrogens with zero attached hydrogens (tertiary/aromatic N) is 2. The molecule has 1 N–H and O–H groups in total. The number of benzene rings is 1. The first-order chi connectivity index (χ1) is 8.65. The zero-order valence-corrected chi connectivity index (χ0v) is 10.8. The number of hydrogen-bond acceptors (Lipinski definition) is 3. The van der Waals surface area contributed by atoms with Crippen LogP contribution in [0.4, 0.5) is 4.39 Å². The van der Waals surface area contributed by atoms with Crippen molar-refractivity contribution in [3.05, 3.63) is 34.6 Å². The fourth-order valence-electron chi connectivity index (χ4n) is 1.73. The largest absolute Gasteiger partial charge is 0.346 e. The third-order valence-electron chi connectivity index (χ3n) is 2.82. The van der Waals surface area contributed by atoms with E-state index >= 15 is 0 Å². The Morgan fingerprint density at radius 3 is 2.83 bits per heavy atom. The van der Waals surface area contributed by atoms with Gasteiger partial charge < -0.3 is 5.32 Å². The molecule has 92 valence electrons. The van der Waals surface area contributed by atoms with E-state index in [1.165, 1.54) is 0 Å². The number of halogens is 2. The molecule has 1 amide bonds. The minimum atomic E-state index is -0.905. The number of rotatable bonds is 2. The summed E-state index contributed by atoms with van der Waals surface area (Å²) in [6.07, 6.45) is 2.65. The summed E-state index contributed by atoms with van der Waals surface area (Å²) in [5.41, 5.74) is 1.78. The van der Waals surface area contributed by atoms with Crippen molar-refractivity contribution in [2.75, 3.05) is 0 Å². The number of aromatic nitrogens is 2. The number of fused-ring (bicyclic) bond motifs is 1. The van der Waals surface area contributed by atoms with E-state index in [1.54, 1.807) is 24.5 Å². The monoisotopic (exact) mass is 309 g/mol. The standard InChI is InChI=1S/C12H9BrFN3O/c13-7-3-6(12(18)17-9-5-8(9)14)4-10-11(7)16-2-1-15-10/h1-4,8-9H,5H2,(H,17,18)/t8-,9+/m0/s1. The maximum atomic E-state index is 12.7. The van der Waals surface area contributed by atoms with Gasteiger partial charge in [-0.1, -0.05) is 0 Å². The van der Waals surface area contributed by atoms with E-state index in [9.17, 15) is 9.18 Å². The van der Waals surface area contributed by atoms with E-state index in [4.69, 9.17) is 0 Å². The molecule has 0 saturated heterocycles. The van der Waals surface area contributed by atoms with Gasteiger partial charge in [0.05, 0.1) is 11.6 Å². The average Bonchev–Trinajstić information content (AvgIpc) is 3.05. The third-order valence-corrected chi connectivity index (χ3v) is 3.42. The lowest BCUT2D eigenvalue weighted by Gasteiger charge is -2.05. The van der Waals surface area contributed by atoms with Crippen LogP contribution in [-0.4, -0.2) is 28.1 Å². The minimum Gasteiger partial charge on any atom is -0.346 e. The van der Waals surface area contributed by atoms with Gasteiger partial charge in [-0.2, -0.15) is 0 Å². The molecule has 1 aliphatic carbocycles. The summed E-state index contributed by atoms with van der Waals surface area (Å²) in [5.74, 6) is -0.284. The SMILES string of the molecule is O=C(N[C@@H]1C[C@@H]1F)c1cc(Br)c2nccnc2c1. The molecule has 18 heavy (non-hydrogen) atoms. The van der Waals surface area contributed by atoms with E-state index in [1.807, 2.05) is 0 Å². The molecule has 0 radical (unpaired) electrons. The molecule has 3 rings (SSSR count). The fourth-order valence-corrected chi connectivity index (χ4v) is 2.28. The lowest BCUT2D eigenvalue weighted by molar-refractivity contribution is 0.0947. The number of carbonyl (C=O) groups excluding carboxylic acids is 1. The Morgan fingerprint density at radius 2 is 2.11 bits per heavy atom. The van der Waals surface area contributed by atoms with Gasteiger partial charge in [0.1, 0.15) is 11.7 Å². The van der Waals surface area contributed by atoms with E-state index in [0.717, 1.165) is 0 Å². The van der Waals surface area contributed by atoms with Gasteiger partial charge in [0, 0.05) is 28.9 Å². The molecule has 0 aliphatic heterocycles. The molecule has 2 aromatic rings.